The highest BCUT2D eigenvalue weighted by Crippen LogP contribution is 2.52. The van der Waals surface area contributed by atoms with E-state index >= 15 is 0 Å². The molecular formula is C24H27N7O2. The van der Waals surface area contributed by atoms with Gasteiger partial charge in [-0.25, -0.2) is 0 Å². The zero-order valence-corrected chi connectivity index (χ0v) is 18.7. The molecule has 0 spiro atoms. The zero-order valence-electron chi connectivity index (χ0n) is 18.7. The number of carbonyl (C=O) groups is 2. The summed E-state index contributed by atoms with van der Waals surface area (Å²) in [6, 6.07) is 11.6. The Morgan fingerprint density at radius 2 is 1.52 bits per heavy atom. The summed E-state index contributed by atoms with van der Waals surface area (Å²) in [5.41, 5.74) is 11.0. The number of nitrogens with one attached hydrogen (secondary N) is 3. The summed E-state index contributed by atoms with van der Waals surface area (Å²) in [6.07, 6.45) is 3.87. The van der Waals surface area contributed by atoms with Crippen LogP contribution in [0.4, 0.5) is 0 Å². The van der Waals surface area contributed by atoms with E-state index in [-0.39, 0.29) is 17.4 Å². The monoisotopic (exact) mass is 445 g/mol. The standard InChI is InChI=1S/C24H27N7O2/c1-26-20(32)16-5-7-18-14(11-16)3-4-15-12-17(21(33)27-2)6-8-19(15)24(18,13-23(25)9-10-23)22-28-30-31-29-22/h5-8,11-12H,3-4,9-10,13,25H2,1-2H3,(H,26,32)(H,27,33)(H,28,29,30,31). The lowest BCUT2D eigenvalue weighted by Gasteiger charge is -2.36. The summed E-state index contributed by atoms with van der Waals surface area (Å²) >= 11 is 0. The van der Waals surface area contributed by atoms with Gasteiger partial charge in [0.15, 0.2) is 5.82 Å². The van der Waals surface area contributed by atoms with Gasteiger partial charge in [0.2, 0.25) is 0 Å². The molecule has 0 atom stereocenters. The van der Waals surface area contributed by atoms with Gasteiger partial charge in [-0.1, -0.05) is 17.3 Å². The van der Waals surface area contributed by atoms with Crippen molar-refractivity contribution >= 4 is 11.8 Å². The van der Waals surface area contributed by atoms with E-state index in [2.05, 4.69) is 31.3 Å². The molecule has 0 aliphatic heterocycles. The molecule has 1 saturated carbocycles. The van der Waals surface area contributed by atoms with Crippen LogP contribution in [0.3, 0.4) is 0 Å². The van der Waals surface area contributed by atoms with Gasteiger partial charge in [0.25, 0.3) is 11.8 Å². The maximum atomic E-state index is 12.4. The number of amides is 2. The molecule has 2 aliphatic carbocycles. The van der Waals surface area contributed by atoms with E-state index in [9.17, 15) is 9.59 Å². The predicted molar refractivity (Wildman–Crippen MR) is 122 cm³/mol. The maximum absolute atomic E-state index is 12.4. The number of benzene rings is 2. The maximum Gasteiger partial charge on any atom is 0.251 e. The van der Waals surface area contributed by atoms with Gasteiger partial charge in [0.05, 0.1) is 5.41 Å². The van der Waals surface area contributed by atoms with Crippen LogP contribution >= 0.6 is 0 Å². The van der Waals surface area contributed by atoms with Crippen LogP contribution in [-0.4, -0.2) is 52.1 Å². The van der Waals surface area contributed by atoms with E-state index in [4.69, 9.17) is 5.73 Å². The fourth-order valence-corrected chi connectivity index (χ4v) is 5.14. The molecule has 3 aromatic rings. The second-order valence-corrected chi connectivity index (χ2v) is 9.08. The van der Waals surface area contributed by atoms with E-state index in [1.807, 2.05) is 36.4 Å². The number of tetrazole rings is 1. The Labute approximate surface area is 191 Å². The van der Waals surface area contributed by atoms with Crippen LogP contribution in [0.2, 0.25) is 0 Å². The van der Waals surface area contributed by atoms with E-state index in [1.165, 1.54) is 0 Å². The molecule has 5 N–H and O–H groups in total. The Morgan fingerprint density at radius 3 is 1.94 bits per heavy atom. The molecule has 0 bridgehead atoms. The number of aryl methyl sites for hydroxylation is 2. The average Bonchev–Trinajstić information content (AvgIpc) is 3.34. The Balaban J connectivity index is 1.79. The first-order valence-electron chi connectivity index (χ1n) is 11.1. The number of hydrogen-bond donors (Lipinski definition) is 4. The Kier molecular flexibility index (Phi) is 5.01. The lowest BCUT2D eigenvalue weighted by molar-refractivity contribution is 0.0955. The van der Waals surface area contributed by atoms with Crippen molar-refractivity contribution in [2.24, 2.45) is 5.73 Å². The topological polar surface area (TPSA) is 139 Å². The number of nitrogens with two attached hydrogens (primary N) is 1. The molecule has 0 unspecified atom stereocenters. The van der Waals surface area contributed by atoms with Gasteiger partial charge >= 0.3 is 0 Å². The molecule has 1 heterocycles. The summed E-state index contributed by atoms with van der Waals surface area (Å²) in [5.74, 6) is 0.275. The van der Waals surface area contributed by atoms with Crippen LogP contribution in [-0.2, 0) is 18.3 Å². The molecule has 9 nitrogen and oxygen atoms in total. The largest absolute Gasteiger partial charge is 0.355 e. The number of hydrogen-bond acceptors (Lipinski definition) is 6. The summed E-state index contributed by atoms with van der Waals surface area (Å²) < 4.78 is 0. The molecule has 1 aromatic heterocycles. The minimum atomic E-state index is -0.748. The Hall–Kier alpha value is -3.59. The minimum Gasteiger partial charge on any atom is -0.355 e. The van der Waals surface area contributed by atoms with Gasteiger partial charge in [-0.3, -0.25) is 9.59 Å². The molecule has 9 heteroatoms. The fourth-order valence-electron chi connectivity index (χ4n) is 5.14. The van der Waals surface area contributed by atoms with E-state index in [0.29, 0.717) is 36.2 Å². The molecule has 0 saturated heterocycles. The summed E-state index contributed by atoms with van der Waals surface area (Å²) in [4.78, 5) is 24.7. The van der Waals surface area contributed by atoms with Crippen molar-refractivity contribution in [3.63, 3.8) is 0 Å². The fraction of sp³-hybridized carbons (Fsp3) is 0.375. The van der Waals surface area contributed by atoms with Gasteiger partial charge in [0, 0.05) is 30.8 Å². The van der Waals surface area contributed by atoms with E-state index in [1.54, 1.807) is 14.1 Å². The first-order valence-corrected chi connectivity index (χ1v) is 11.1. The smallest absolute Gasteiger partial charge is 0.251 e. The van der Waals surface area contributed by atoms with Crippen LogP contribution in [0.1, 0.15) is 68.1 Å². The third kappa shape index (κ3) is 3.48. The van der Waals surface area contributed by atoms with E-state index in [0.717, 1.165) is 35.1 Å². The molecule has 2 amide bonds. The second kappa shape index (κ2) is 7.77. The van der Waals surface area contributed by atoms with Crippen molar-refractivity contribution in [1.29, 1.82) is 0 Å². The molecule has 170 valence electrons. The minimum absolute atomic E-state index is 0.135. The molecule has 2 aliphatic rings. The van der Waals surface area contributed by atoms with Crippen molar-refractivity contribution in [2.45, 2.75) is 43.1 Å². The summed E-state index contributed by atoms with van der Waals surface area (Å²) in [5, 5.41) is 20.8. The van der Waals surface area contributed by atoms with Crippen molar-refractivity contribution in [2.75, 3.05) is 14.1 Å². The second-order valence-electron chi connectivity index (χ2n) is 9.08. The molecule has 5 rings (SSSR count). The van der Waals surface area contributed by atoms with Crippen molar-refractivity contribution < 1.29 is 9.59 Å². The third-order valence-corrected chi connectivity index (χ3v) is 7.01. The SMILES string of the molecule is CNC(=O)c1ccc2c(c1)CCc1cc(C(=O)NC)ccc1C2(CC1(N)CC1)c1nn[nH]n1. The van der Waals surface area contributed by atoms with Gasteiger partial charge in [-0.05, 0) is 78.6 Å². The predicted octanol–water partition coefficient (Wildman–Crippen LogP) is 1.23. The third-order valence-electron chi connectivity index (χ3n) is 7.01. The first kappa shape index (κ1) is 21.3. The molecular weight excluding hydrogens is 418 g/mol. The summed E-state index contributed by atoms with van der Waals surface area (Å²) in [6.45, 7) is 0. The lowest BCUT2D eigenvalue weighted by Crippen LogP contribution is -2.40. The molecule has 0 radical (unpaired) electrons. The number of fused-ring (bicyclic) bond motifs is 2. The number of aromatic amines is 1. The number of nitrogens with zero attached hydrogens (tertiary/aromatic N) is 3. The number of carbonyl (C=O) groups excluding carboxylic acids is 2. The van der Waals surface area contributed by atoms with Gasteiger partial charge in [-0.2, -0.15) is 5.21 Å². The Bertz CT molecular complexity index is 1160. The van der Waals surface area contributed by atoms with E-state index < -0.39 is 5.41 Å². The molecule has 2 aromatic carbocycles. The first-order chi connectivity index (χ1) is 15.9. The van der Waals surface area contributed by atoms with Crippen molar-refractivity contribution in [3.8, 4) is 0 Å². The highest BCUT2D eigenvalue weighted by atomic mass is 16.2. The number of rotatable bonds is 5. The quantitative estimate of drug-likeness (QED) is 0.466. The van der Waals surface area contributed by atoms with Crippen molar-refractivity contribution in [1.82, 2.24) is 31.3 Å². The van der Waals surface area contributed by atoms with Crippen LogP contribution < -0.4 is 16.4 Å². The number of H-pyrrole nitrogens is 1. The lowest BCUT2D eigenvalue weighted by atomic mass is 9.67. The normalized spacial score (nSPS) is 17.3. The number of aromatic nitrogens is 4. The van der Waals surface area contributed by atoms with Crippen LogP contribution in [0.15, 0.2) is 36.4 Å². The van der Waals surface area contributed by atoms with Gasteiger partial charge in [-0.15, -0.1) is 10.2 Å². The molecule has 33 heavy (non-hydrogen) atoms. The van der Waals surface area contributed by atoms with Crippen LogP contribution in [0.25, 0.3) is 0 Å². The van der Waals surface area contributed by atoms with Crippen LogP contribution in [0.5, 0.6) is 0 Å². The van der Waals surface area contributed by atoms with Crippen molar-refractivity contribution in [3.05, 3.63) is 75.6 Å². The Morgan fingerprint density at radius 1 is 0.970 bits per heavy atom. The summed E-state index contributed by atoms with van der Waals surface area (Å²) in [7, 11) is 3.25. The average molecular weight is 446 g/mol. The molecule has 1 fully saturated rings. The zero-order chi connectivity index (χ0) is 23.2. The highest BCUT2D eigenvalue weighted by molar-refractivity contribution is 5.95. The van der Waals surface area contributed by atoms with Gasteiger partial charge < -0.3 is 16.4 Å². The highest BCUT2D eigenvalue weighted by Gasteiger charge is 2.53. The van der Waals surface area contributed by atoms with Gasteiger partial charge in [0.1, 0.15) is 0 Å². The van der Waals surface area contributed by atoms with Crippen LogP contribution in [0, 0.1) is 0 Å².